The van der Waals surface area contributed by atoms with Gasteiger partial charge in [-0.05, 0) is 31.5 Å². The maximum Gasteiger partial charge on any atom is 0.286 e. The summed E-state index contributed by atoms with van der Waals surface area (Å²) in [5.41, 5.74) is 0.169. The van der Waals surface area contributed by atoms with Crippen LogP contribution < -0.4 is 0 Å². The van der Waals surface area contributed by atoms with Gasteiger partial charge in [-0.3, -0.25) is 20.0 Å². The fourth-order valence-electron chi connectivity index (χ4n) is 2.66. The maximum absolute atomic E-state index is 12.3. The van der Waals surface area contributed by atoms with Crippen LogP contribution in [0, 0.1) is 5.41 Å². The van der Waals surface area contributed by atoms with E-state index >= 15 is 0 Å². The van der Waals surface area contributed by atoms with Gasteiger partial charge in [0.15, 0.2) is 5.84 Å². The number of carbonyl (C=O) groups is 1. The third-order valence-electron chi connectivity index (χ3n) is 3.73. The van der Waals surface area contributed by atoms with Crippen LogP contribution in [0.15, 0.2) is 34.4 Å². The van der Waals surface area contributed by atoms with Crippen LogP contribution in [0.25, 0.3) is 0 Å². The quantitative estimate of drug-likeness (QED) is 0.640. The highest BCUT2D eigenvalue weighted by molar-refractivity contribution is 6.69. The van der Waals surface area contributed by atoms with Gasteiger partial charge in [0, 0.05) is 5.02 Å². The minimum absolute atomic E-state index is 0.167. The minimum atomic E-state index is -0.505. The summed E-state index contributed by atoms with van der Waals surface area (Å²) in [7, 11) is 0. The molecule has 0 unspecified atom stereocenters. The first-order valence-corrected chi connectivity index (χ1v) is 7.45. The molecule has 1 aromatic carbocycles. The Bertz CT molecular complexity index is 739. The van der Waals surface area contributed by atoms with E-state index in [4.69, 9.17) is 22.2 Å². The van der Waals surface area contributed by atoms with Gasteiger partial charge in [0.2, 0.25) is 11.7 Å². The lowest BCUT2D eigenvalue weighted by atomic mass is 10.1. The first-order chi connectivity index (χ1) is 10.8. The fourth-order valence-corrected chi connectivity index (χ4v) is 2.79. The predicted octanol–water partition coefficient (Wildman–Crippen LogP) is 1.94. The Morgan fingerprint density at radius 3 is 2.65 bits per heavy atom. The van der Waals surface area contributed by atoms with E-state index in [0.717, 1.165) is 5.56 Å². The number of amides is 1. The smallest absolute Gasteiger partial charge is 0.286 e. The molecule has 2 aliphatic rings. The SMILES string of the molecule is CC1(C)CN2C(=O)/C(=N\O)C(=N)N(Cc3ccc(Cl)cc3)C2=N1. The number of rotatable bonds is 2. The monoisotopic (exact) mass is 333 g/mol. The Hall–Kier alpha value is -2.41. The number of aliphatic imine (C=N–C) groups is 1. The number of hydrogen-bond acceptors (Lipinski definition) is 5. The van der Waals surface area contributed by atoms with Crippen LogP contribution in [0.1, 0.15) is 19.4 Å². The number of nitrogens with zero attached hydrogens (tertiary/aromatic N) is 4. The molecule has 1 fully saturated rings. The summed E-state index contributed by atoms with van der Waals surface area (Å²) in [6.45, 7) is 4.52. The average molecular weight is 334 g/mol. The molecule has 0 atom stereocenters. The van der Waals surface area contributed by atoms with E-state index < -0.39 is 11.4 Å². The Labute approximate surface area is 138 Å². The van der Waals surface area contributed by atoms with Crippen molar-refractivity contribution < 1.29 is 10.0 Å². The summed E-state index contributed by atoms with van der Waals surface area (Å²) in [5.74, 6) is -0.262. The number of fused-ring (bicyclic) bond motifs is 1. The molecular formula is C15H16ClN5O2. The molecule has 0 aromatic heterocycles. The molecule has 3 rings (SSSR count). The van der Waals surface area contributed by atoms with Gasteiger partial charge in [-0.1, -0.05) is 28.9 Å². The van der Waals surface area contributed by atoms with E-state index in [1.54, 1.807) is 17.0 Å². The molecule has 8 heteroatoms. The number of amidine groups is 1. The normalized spacial score (nSPS) is 21.7. The van der Waals surface area contributed by atoms with Crippen LogP contribution in [-0.2, 0) is 11.3 Å². The van der Waals surface area contributed by atoms with E-state index in [1.807, 2.05) is 26.0 Å². The van der Waals surface area contributed by atoms with Gasteiger partial charge in [0.1, 0.15) is 0 Å². The van der Waals surface area contributed by atoms with Crippen molar-refractivity contribution in [3.05, 3.63) is 34.9 Å². The Kier molecular flexibility index (Phi) is 3.60. The molecule has 7 nitrogen and oxygen atoms in total. The zero-order valence-corrected chi connectivity index (χ0v) is 13.5. The highest BCUT2D eigenvalue weighted by atomic mass is 35.5. The number of carbonyl (C=O) groups excluding carboxylic acids is 1. The summed E-state index contributed by atoms with van der Waals surface area (Å²) < 4.78 is 0. The summed E-state index contributed by atoms with van der Waals surface area (Å²) >= 11 is 5.89. The van der Waals surface area contributed by atoms with Crippen molar-refractivity contribution in [1.82, 2.24) is 9.80 Å². The molecule has 2 heterocycles. The molecule has 0 bridgehead atoms. The minimum Gasteiger partial charge on any atom is -0.410 e. The third kappa shape index (κ3) is 2.68. The molecule has 120 valence electrons. The Morgan fingerprint density at radius 2 is 2.04 bits per heavy atom. The Balaban J connectivity index is 2.00. The van der Waals surface area contributed by atoms with Gasteiger partial charge in [-0.25, -0.2) is 4.99 Å². The standard InChI is InChI=1S/C15H16ClN5O2/c1-15(2)8-21-13(22)11(19-23)12(17)20(14(21)18-15)7-9-3-5-10(16)6-4-9/h3-6,17,23H,7-8H2,1-2H3/b17-12?,19-11-. The van der Waals surface area contributed by atoms with Crippen molar-refractivity contribution in [2.75, 3.05) is 6.54 Å². The average Bonchev–Trinajstić information content (AvgIpc) is 2.82. The van der Waals surface area contributed by atoms with Crippen LogP contribution in [0.5, 0.6) is 0 Å². The number of guanidine groups is 1. The molecule has 0 radical (unpaired) electrons. The Morgan fingerprint density at radius 1 is 1.39 bits per heavy atom. The van der Waals surface area contributed by atoms with Crippen LogP contribution in [-0.4, -0.2) is 50.5 Å². The van der Waals surface area contributed by atoms with Gasteiger partial charge < -0.3 is 5.21 Å². The predicted molar refractivity (Wildman–Crippen MR) is 87.2 cm³/mol. The highest BCUT2D eigenvalue weighted by Crippen LogP contribution is 2.27. The molecule has 1 amide bonds. The summed E-state index contributed by atoms with van der Waals surface area (Å²) in [6.07, 6.45) is 0. The molecule has 0 aliphatic carbocycles. The summed E-state index contributed by atoms with van der Waals surface area (Å²) in [5, 5.41) is 20.9. The number of hydrogen-bond donors (Lipinski definition) is 2. The van der Waals surface area contributed by atoms with Gasteiger partial charge in [0.05, 0.1) is 18.6 Å². The highest BCUT2D eigenvalue weighted by Gasteiger charge is 2.46. The van der Waals surface area contributed by atoms with Crippen molar-refractivity contribution in [3.8, 4) is 0 Å². The molecule has 0 spiro atoms. The van der Waals surface area contributed by atoms with Gasteiger partial charge in [0.25, 0.3) is 5.91 Å². The second-order valence-electron chi connectivity index (χ2n) is 6.13. The van der Waals surface area contributed by atoms with Crippen molar-refractivity contribution in [2.24, 2.45) is 10.1 Å². The van der Waals surface area contributed by atoms with Gasteiger partial charge in [-0.15, -0.1) is 0 Å². The van der Waals surface area contributed by atoms with Crippen molar-refractivity contribution in [2.45, 2.75) is 25.9 Å². The van der Waals surface area contributed by atoms with Crippen LogP contribution >= 0.6 is 11.6 Å². The van der Waals surface area contributed by atoms with Crippen LogP contribution in [0.4, 0.5) is 0 Å². The van der Waals surface area contributed by atoms with E-state index in [9.17, 15) is 4.79 Å². The molecule has 2 aliphatic heterocycles. The second kappa shape index (κ2) is 5.34. The van der Waals surface area contributed by atoms with Crippen molar-refractivity contribution >= 4 is 35.0 Å². The first kappa shape index (κ1) is 15.5. The first-order valence-electron chi connectivity index (χ1n) is 7.07. The number of halogens is 1. The number of nitrogens with one attached hydrogen (secondary N) is 1. The topological polar surface area (TPSA) is 92.3 Å². The second-order valence-corrected chi connectivity index (χ2v) is 6.56. The summed E-state index contributed by atoms with van der Waals surface area (Å²) in [4.78, 5) is 19.9. The van der Waals surface area contributed by atoms with Crippen molar-refractivity contribution in [3.63, 3.8) is 0 Å². The van der Waals surface area contributed by atoms with E-state index in [2.05, 4.69) is 10.1 Å². The lowest BCUT2D eigenvalue weighted by Crippen LogP contribution is -2.59. The maximum atomic E-state index is 12.3. The molecule has 1 aromatic rings. The van der Waals surface area contributed by atoms with Crippen LogP contribution in [0.2, 0.25) is 5.02 Å². The molecule has 23 heavy (non-hydrogen) atoms. The zero-order valence-electron chi connectivity index (χ0n) is 12.7. The lowest BCUT2D eigenvalue weighted by Gasteiger charge is -2.34. The third-order valence-corrected chi connectivity index (χ3v) is 3.98. The lowest BCUT2D eigenvalue weighted by molar-refractivity contribution is -0.121. The fraction of sp³-hybridized carbons (Fsp3) is 0.333. The zero-order chi connectivity index (χ0) is 16.8. The van der Waals surface area contributed by atoms with E-state index in [1.165, 1.54) is 4.90 Å². The molecule has 2 N–H and O–H groups in total. The van der Waals surface area contributed by atoms with Gasteiger partial charge >= 0.3 is 0 Å². The molecule has 1 saturated heterocycles. The van der Waals surface area contributed by atoms with E-state index in [-0.39, 0.29) is 11.5 Å². The van der Waals surface area contributed by atoms with Crippen molar-refractivity contribution in [1.29, 1.82) is 5.41 Å². The largest absolute Gasteiger partial charge is 0.410 e. The summed E-state index contributed by atoms with van der Waals surface area (Å²) in [6, 6.07) is 7.20. The number of benzene rings is 1. The molecular weight excluding hydrogens is 318 g/mol. The van der Waals surface area contributed by atoms with E-state index in [0.29, 0.717) is 24.1 Å². The van der Waals surface area contributed by atoms with Crippen LogP contribution in [0.3, 0.4) is 0 Å². The van der Waals surface area contributed by atoms with Gasteiger partial charge in [-0.2, -0.15) is 0 Å². The number of oxime groups is 1. The molecule has 0 saturated carbocycles.